The molecule has 0 amide bonds. The Balaban J connectivity index is 1.97. The van der Waals surface area contributed by atoms with Crippen molar-refractivity contribution in [3.8, 4) is 0 Å². The molecule has 0 aromatic heterocycles. The van der Waals surface area contributed by atoms with E-state index in [0.29, 0.717) is 0 Å². The summed E-state index contributed by atoms with van der Waals surface area (Å²) in [5.74, 6) is 6.58. The molecule has 18 heavy (non-hydrogen) atoms. The molecule has 0 bridgehead atoms. The second-order valence-corrected chi connectivity index (χ2v) is 7.93. The summed E-state index contributed by atoms with van der Waals surface area (Å²) >= 11 is 2.17. The maximum absolute atomic E-state index is 3.91. The Kier molecular flexibility index (Phi) is 5.88. The average molecular weight is 269 g/mol. The summed E-state index contributed by atoms with van der Waals surface area (Å²) in [6.45, 7) is 8.43. The maximum Gasteiger partial charge on any atom is 0.0132 e. The van der Waals surface area contributed by atoms with E-state index < -0.39 is 0 Å². The van der Waals surface area contributed by atoms with E-state index in [1.807, 2.05) is 0 Å². The van der Waals surface area contributed by atoms with E-state index in [-0.39, 0.29) is 0 Å². The fourth-order valence-corrected chi connectivity index (χ4v) is 5.48. The SMILES string of the molecule is CCCNC(C1CCSC1)C1CC(C)CC(C)C1. The molecule has 1 nitrogen and oxygen atoms in total. The van der Waals surface area contributed by atoms with E-state index in [4.69, 9.17) is 0 Å². The summed E-state index contributed by atoms with van der Waals surface area (Å²) in [5.41, 5.74) is 0. The second-order valence-electron chi connectivity index (χ2n) is 6.78. The Morgan fingerprint density at radius 2 is 1.83 bits per heavy atom. The van der Waals surface area contributed by atoms with Gasteiger partial charge in [-0.25, -0.2) is 0 Å². The van der Waals surface area contributed by atoms with Crippen LogP contribution < -0.4 is 5.32 Å². The van der Waals surface area contributed by atoms with Crippen LogP contribution in [-0.2, 0) is 0 Å². The molecule has 0 aromatic rings. The molecular weight excluding hydrogens is 238 g/mol. The van der Waals surface area contributed by atoms with Crippen molar-refractivity contribution in [1.82, 2.24) is 5.32 Å². The summed E-state index contributed by atoms with van der Waals surface area (Å²) in [5, 5.41) is 3.91. The van der Waals surface area contributed by atoms with Gasteiger partial charge < -0.3 is 5.32 Å². The standard InChI is InChI=1S/C16H31NS/c1-4-6-17-16(14-5-7-18-11-14)15-9-12(2)8-13(3)10-15/h12-17H,4-11H2,1-3H3. The van der Waals surface area contributed by atoms with Crippen LogP contribution in [0.4, 0.5) is 0 Å². The number of thioether (sulfide) groups is 1. The molecule has 2 heteroatoms. The largest absolute Gasteiger partial charge is 0.313 e. The van der Waals surface area contributed by atoms with Gasteiger partial charge in [-0.2, -0.15) is 11.8 Å². The molecular formula is C16H31NS. The van der Waals surface area contributed by atoms with Crippen molar-refractivity contribution in [1.29, 1.82) is 0 Å². The summed E-state index contributed by atoms with van der Waals surface area (Å²) in [6, 6.07) is 0.810. The first-order chi connectivity index (χ1) is 8.70. The number of rotatable bonds is 5. The van der Waals surface area contributed by atoms with Crippen LogP contribution in [0.15, 0.2) is 0 Å². The zero-order valence-corrected chi connectivity index (χ0v) is 13.3. The molecule has 0 aromatic carbocycles. The van der Waals surface area contributed by atoms with Gasteiger partial charge in [-0.3, -0.25) is 0 Å². The van der Waals surface area contributed by atoms with Gasteiger partial charge in [0.2, 0.25) is 0 Å². The third-order valence-electron chi connectivity index (χ3n) is 4.83. The van der Waals surface area contributed by atoms with E-state index in [1.165, 1.54) is 50.2 Å². The van der Waals surface area contributed by atoms with Crippen LogP contribution in [0.5, 0.6) is 0 Å². The molecule has 1 heterocycles. The van der Waals surface area contributed by atoms with Gasteiger partial charge in [-0.15, -0.1) is 0 Å². The highest BCUT2D eigenvalue weighted by atomic mass is 32.2. The zero-order valence-electron chi connectivity index (χ0n) is 12.5. The normalized spacial score (nSPS) is 38.8. The first-order valence-corrected chi connectivity index (χ1v) is 9.17. The van der Waals surface area contributed by atoms with Crippen molar-refractivity contribution < 1.29 is 0 Å². The third-order valence-corrected chi connectivity index (χ3v) is 6.01. The minimum absolute atomic E-state index is 0.810. The number of nitrogens with one attached hydrogen (secondary N) is 1. The van der Waals surface area contributed by atoms with Crippen molar-refractivity contribution in [2.24, 2.45) is 23.7 Å². The Labute approximate surface area is 118 Å². The highest BCUT2D eigenvalue weighted by Crippen LogP contribution is 2.39. The molecule has 2 rings (SSSR count). The average Bonchev–Trinajstić information content (AvgIpc) is 2.82. The molecule has 1 N–H and O–H groups in total. The fraction of sp³-hybridized carbons (Fsp3) is 1.00. The van der Waals surface area contributed by atoms with Crippen molar-refractivity contribution in [2.75, 3.05) is 18.1 Å². The van der Waals surface area contributed by atoms with E-state index in [9.17, 15) is 0 Å². The summed E-state index contributed by atoms with van der Waals surface area (Å²) < 4.78 is 0. The van der Waals surface area contributed by atoms with Gasteiger partial charge in [0, 0.05) is 6.04 Å². The summed E-state index contributed by atoms with van der Waals surface area (Å²) in [6.07, 6.45) is 7.11. The minimum Gasteiger partial charge on any atom is -0.313 e. The maximum atomic E-state index is 3.91. The second kappa shape index (κ2) is 7.19. The molecule has 2 aliphatic rings. The minimum atomic E-state index is 0.810. The molecule has 1 aliphatic carbocycles. The van der Waals surface area contributed by atoms with Crippen LogP contribution in [0.3, 0.4) is 0 Å². The van der Waals surface area contributed by atoms with Gasteiger partial charge in [0.05, 0.1) is 0 Å². The molecule has 0 radical (unpaired) electrons. The van der Waals surface area contributed by atoms with Gasteiger partial charge >= 0.3 is 0 Å². The molecule has 1 aliphatic heterocycles. The Morgan fingerprint density at radius 3 is 2.39 bits per heavy atom. The molecule has 1 saturated heterocycles. The Hall–Kier alpha value is 0.310. The lowest BCUT2D eigenvalue weighted by atomic mass is 9.71. The van der Waals surface area contributed by atoms with Crippen molar-refractivity contribution >= 4 is 11.8 Å². The van der Waals surface area contributed by atoms with E-state index in [1.54, 1.807) is 0 Å². The zero-order chi connectivity index (χ0) is 13.0. The lowest BCUT2D eigenvalue weighted by Gasteiger charge is -2.39. The van der Waals surface area contributed by atoms with Crippen LogP contribution in [-0.4, -0.2) is 24.1 Å². The lowest BCUT2D eigenvalue weighted by molar-refractivity contribution is 0.149. The van der Waals surface area contributed by atoms with Crippen LogP contribution in [0, 0.1) is 23.7 Å². The van der Waals surface area contributed by atoms with Gasteiger partial charge in [0.25, 0.3) is 0 Å². The first-order valence-electron chi connectivity index (χ1n) is 8.01. The van der Waals surface area contributed by atoms with Crippen LogP contribution in [0.25, 0.3) is 0 Å². The third kappa shape index (κ3) is 3.90. The summed E-state index contributed by atoms with van der Waals surface area (Å²) in [4.78, 5) is 0. The Morgan fingerprint density at radius 1 is 1.11 bits per heavy atom. The molecule has 106 valence electrons. The van der Waals surface area contributed by atoms with E-state index >= 15 is 0 Å². The predicted octanol–water partition coefficient (Wildman–Crippen LogP) is 4.18. The van der Waals surface area contributed by atoms with Gasteiger partial charge in [0.1, 0.15) is 0 Å². The van der Waals surface area contributed by atoms with Gasteiger partial charge in [0.15, 0.2) is 0 Å². The molecule has 0 spiro atoms. The van der Waals surface area contributed by atoms with E-state index in [2.05, 4.69) is 37.8 Å². The predicted molar refractivity (Wildman–Crippen MR) is 83.2 cm³/mol. The van der Waals surface area contributed by atoms with Gasteiger partial charge in [-0.1, -0.05) is 20.8 Å². The van der Waals surface area contributed by atoms with Crippen molar-refractivity contribution in [3.63, 3.8) is 0 Å². The van der Waals surface area contributed by atoms with Crippen LogP contribution >= 0.6 is 11.8 Å². The highest BCUT2D eigenvalue weighted by molar-refractivity contribution is 7.99. The van der Waals surface area contributed by atoms with Crippen LogP contribution in [0.2, 0.25) is 0 Å². The van der Waals surface area contributed by atoms with E-state index in [0.717, 1.165) is 29.7 Å². The quantitative estimate of drug-likeness (QED) is 0.803. The number of hydrogen-bond donors (Lipinski definition) is 1. The molecule has 1 saturated carbocycles. The lowest BCUT2D eigenvalue weighted by Crippen LogP contribution is -2.45. The van der Waals surface area contributed by atoms with Crippen molar-refractivity contribution in [3.05, 3.63) is 0 Å². The van der Waals surface area contributed by atoms with Crippen LogP contribution in [0.1, 0.15) is 52.9 Å². The Bertz CT molecular complexity index is 227. The van der Waals surface area contributed by atoms with Gasteiger partial charge in [-0.05, 0) is 73.8 Å². The topological polar surface area (TPSA) is 12.0 Å². The smallest absolute Gasteiger partial charge is 0.0132 e. The first kappa shape index (κ1) is 14.7. The monoisotopic (exact) mass is 269 g/mol. The highest BCUT2D eigenvalue weighted by Gasteiger charge is 2.35. The molecule has 2 fully saturated rings. The fourth-order valence-electron chi connectivity index (χ4n) is 4.17. The molecule has 4 atom stereocenters. The number of hydrogen-bond acceptors (Lipinski definition) is 2. The molecule has 4 unspecified atom stereocenters. The van der Waals surface area contributed by atoms with Crippen molar-refractivity contribution in [2.45, 2.75) is 58.9 Å². The summed E-state index contributed by atoms with van der Waals surface area (Å²) in [7, 11) is 0.